The van der Waals surface area contributed by atoms with Gasteiger partial charge in [-0.3, -0.25) is 14.5 Å². The van der Waals surface area contributed by atoms with Gasteiger partial charge in [0, 0.05) is 18.7 Å². The lowest BCUT2D eigenvalue weighted by molar-refractivity contribution is -0.120. The maximum Gasteiger partial charge on any atom is 0.231 e. The first-order chi connectivity index (χ1) is 9.01. The fraction of sp³-hybridized carbons (Fsp3) is 0.308. The van der Waals surface area contributed by atoms with Crippen LogP contribution in [0.4, 0.5) is 5.69 Å². The first kappa shape index (κ1) is 14.7. The van der Waals surface area contributed by atoms with Crippen LogP contribution in [0.2, 0.25) is 0 Å². The molecule has 2 amide bonds. The normalized spacial score (nSPS) is 9.95. The molecule has 1 aromatic rings. The molecule has 19 heavy (non-hydrogen) atoms. The van der Waals surface area contributed by atoms with E-state index in [2.05, 4.69) is 5.32 Å². The van der Waals surface area contributed by atoms with Gasteiger partial charge in [0.15, 0.2) is 0 Å². The second kappa shape index (κ2) is 7.13. The monoisotopic (exact) mass is 260 g/mol. The van der Waals surface area contributed by atoms with Crippen LogP contribution in [0.25, 0.3) is 0 Å². The zero-order chi connectivity index (χ0) is 14.3. The zero-order valence-corrected chi connectivity index (χ0v) is 10.7. The van der Waals surface area contributed by atoms with E-state index < -0.39 is 5.91 Å². The van der Waals surface area contributed by atoms with Gasteiger partial charge in [-0.2, -0.15) is 5.26 Å². The standard InChI is InChI=1S/C13H16N4O2/c1-17(9-12(15)18)6-5-13(19)16-11-4-2-3-10(7-11)8-14/h2-4,7H,5-6,9H2,1H3,(H2,15,18)(H,16,19). The molecule has 0 atom stereocenters. The minimum atomic E-state index is -0.426. The molecule has 0 bridgehead atoms. The van der Waals surface area contributed by atoms with E-state index in [-0.39, 0.29) is 18.9 Å². The molecule has 0 aliphatic carbocycles. The van der Waals surface area contributed by atoms with Gasteiger partial charge >= 0.3 is 0 Å². The summed E-state index contributed by atoms with van der Waals surface area (Å²) in [6.07, 6.45) is 0.251. The van der Waals surface area contributed by atoms with E-state index in [1.807, 2.05) is 6.07 Å². The third kappa shape index (κ3) is 5.66. The Kier molecular flexibility index (Phi) is 5.51. The summed E-state index contributed by atoms with van der Waals surface area (Å²) in [5.41, 5.74) is 6.12. The molecule has 100 valence electrons. The molecule has 0 saturated carbocycles. The Morgan fingerprint density at radius 2 is 2.21 bits per heavy atom. The molecule has 0 heterocycles. The van der Waals surface area contributed by atoms with E-state index in [0.29, 0.717) is 17.8 Å². The first-order valence-corrected chi connectivity index (χ1v) is 5.78. The zero-order valence-electron chi connectivity index (χ0n) is 10.7. The van der Waals surface area contributed by atoms with Crippen molar-refractivity contribution in [2.24, 2.45) is 5.73 Å². The van der Waals surface area contributed by atoms with Crippen LogP contribution in [0, 0.1) is 11.3 Å². The molecule has 0 aromatic heterocycles. The molecule has 1 rings (SSSR count). The molecule has 0 radical (unpaired) electrons. The van der Waals surface area contributed by atoms with Gasteiger partial charge in [0.05, 0.1) is 18.2 Å². The summed E-state index contributed by atoms with van der Waals surface area (Å²) in [4.78, 5) is 24.0. The second-order valence-corrected chi connectivity index (χ2v) is 4.19. The Hall–Kier alpha value is -2.39. The van der Waals surface area contributed by atoms with Gasteiger partial charge in [-0.25, -0.2) is 0 Å². The largest absolute Gasteiger partial charge is 0.369 e. The molecular formula is C13H16N4O2. The van der Waals surface area contributed by atoms with E-state index in [1.165, 1.54) is 0 Å². The highest BCUT2D eigenvalue weighted by molar-refractivity contribution is 5.91. The molecule has 1 aromatic carbocycles. The number of rotatable bonds is 6. The van der Waals surface area contributed by atoms with E-state index in [4.69, 9.17) is 11.0 Å². The minimum absolute atomic E-state index is 0.122. The van der Waals surface area contributed by atoms with Gasteiger partial charge in [-0.1, -0.05) is 6.07 Å². The highest BCUT2D eigenvalue weighted by atomic mass is 16.2. The number of anilines is 1. The fourth-order valence-corrected chi connectivity index (χ4v) is 1.53. The summed E-state index contributed by atoms with van der Waals surface area (Å²) in [5.74, 6) is -0.601. The Morgan fingerprint density at radius 3 is 2.84 bits per heavy atom. The van der Waals surface area contributed by atoms with Gasteiger partial charge in [0.25, 0.3) is 0 Å². The highest BCUT2D eigenvalue weighted by Crippen LogP contribution is 2.09. The van der Waals surface area contributed by atoms with Crippen LogP contribution >= 0.6 is 0 Å². The number of primary amides is 1. The van der Waals surface area contributed by atoms with Crippen LogP contribution in [-0.4, -0.2) is 36.9 Å². The van der Waals surface area contributed by atoms with Gasteiger partial charge in [-0.15, -0.1) is 0 Å². The predicted octanol–water partition coefficient (Wildman–Crippen LogP) is 0.304. The third-order valence-corrected chi connectivity index (χ3v) is 2.42. The maximum atomic E-state index is 11.7. The van der Waals surface area contributed by atoms with Crippen LogP contribution in [0.5, 0.6) is 0 Å². The quantitative estimate of drug-likeness (QED) is 0.768. The van der Waals surface area contributed by atoms with Gasteiger partial charge in [0.2, 0.25) is 11.8 Å². The first-order valence-electron chi connectivity index (χ1n) is 5.78. The molecule has 0 spiro atoms. The predicted molar refractivity (Wildman–Crippen MR) is 71.1 cm³/mol. The fourth-order valence-electron chi connectivity index (χ4n) is 1.53. The van der Waals surface area contributed by atoms with Gasteiger partial charge in [0.1, 0.15) is 0 Å². The topological polar surface area (TPSA) is 99.2 Å². The summed E-state index contributed by atoms with van der Waals surface area (Å²) >= 11 is 0. The molecule has 0 saturated heterocycles. The number of nitrogens with two attached hydrogens (primary N) is 1. The van der Waals surface area contributed by atoms with Crippen molar-refractivity contribution in [2.75, 3.05) is 25.5 Å². The smallest absolute Gasteiger partial charge is 0.231 e. The summed E-state index contributed by atoms with van der Waals surface area (Å²) < 4.78 is 0. The highest BCUT2D eigenvalue weighted by Gasteiger charge is 2.07. The van der Waals surface area contributed by atoms with Crippen molar-refractivity contribution in [1.82, 2.24) is 4.90 Å². The van der Waals surface area contributed by atoms with E-state index >= 15 is 0 Å². The number of nitrogens with one attached hydrogen (secondary N) is 1. The van der Waals surface area contributed by atoms with E-state index in [9.17, 15) is 9.59 Å². The van der Waals surface area contributed by atoms with Crippen molar-refractivity contribution in [3.05, 3.63) is 29.8 Å². The number of carbonyl (C=O) groups is 2. The SMILES string of the molecule is CN(CCC(=O)Nc1cccc(C#N)c1)CC(N)=O. The molecule has 0 aliphatic heterocycles. The number of hydrogen-bond acceptors (Lipinski definition) is 4. The minimum Gasteiger partial charge on any atom is -0.369 e. The molecule has 0 aliphatic rings. The number of nitrogens with zero attached hydrogens (tertiary/aromatic N) is 2. The number of benzene rings is 1. The van der Waals surface area contributed by atoms with Crippen molar-refractivity contribution in [1.29, 1.82) is 5.26 Å². The summed E-state index contributed by atoms with van der Waals surface area (Å²) in [6, 6.07) is 8.68. The number of nitriles is 1. The lowest BCUT2D eigenvalue weighted by Crippen LogP contribution is -2.32. The Morgan fingerprint density at radius 1 is 1.47 bits per heavy atom. The van der Waals surface area contributed by atoms with Crippen molar-refractivity contribution in [2.45, 2.75) is 6.42 Å². The summed E-state index contributed by atoms with van der Waals surface area (Å²) in [6.45, 7) is 0.559. The number of carbonyl (C=O) groups excluding carboxylic acids is 2. The van der Waals surface area contributed by atoms with Crippen molar-refractivity contribution in [3.8, 4) is 6.07 Å². The van der Waals surface area contributed by atoms with Crippen LogP contribution in [0.1, 0.15) is 12.0 Å². The molecule has 0 unspecified atom stereocenters. The average molecular weight is 260 g/mol. The van der Waals surface area contributed by atoms with Crippen LogP contribution < -0.4 is 11.1 Å². The maximum absolute atomic E-state index is 11.7. The van der Waals surface area contributed by atoms with Crippen molar-refractivity contribution in [3.63, 3.8) is 0 Å². The third-order valence-electron chi connectivity index (χ3n) is 2.42. The van der Waals surface area contributed by atoms with Gasteiger partial charge in [-0.05, 0) is 25.2 Å². The van der Waals surface area contributed by atoms with Crippen LogP contribution in [0.3, 0.4) is 0 Å². The van der Waals surface area contributed by atoms with E-state index in [0.717, 1.165) is 0 Å². The van der Waals surface area contributed by atoms with Gasteiger partial charge < -0.3 is 11.1 Å². The molecule has 6 heteroatoms. The Labute approximate surface area is 111 Å². The number of likely N-dealkylation sites (N-methyl/N-ethyl adjacent to an activating group) is 1. The lowest BCUT2D eigenvalue weighted by atomic mass is 10.2. The molecule has 3 N–H and O–H groups in total. The number of amides is 2. The van der Waals surface area contributed by atoms with Crippen LogP contribution in [0.15, 0.2) is 24.3 Å². The molecule has 6 nitrogen and oxygen atoms in total. The molecule has 0 fully saturated rings. The Balaban J connectivity index is 2.43. The van der Waals surface area contributed by atoms with E-state index in [1.54, 1.807) is 36.2 Å². The van der Waals surface area contributed by atoms with Crippen molar-refractivity contribution < 1.29 is 9.59 Å². The Bertz CT molecular complexity index is 508. The summed E-state index contributed by atoms with van der Waals surface area (Å²) in [7, 11) is 1.72. The average Bonchev–Trinajstić information content (AvgIpc) is 2.36. The second-order valence-electron chi connectivity index (χ2n) is 4.19. The molecular weight excluding hydrogens is 244 g/mol. The summed E-state index contributed by atoms with van der Waals surface area (Å²) in [5, 5.41) is 11.4. The number of hydrogen-bond donors (Lipinski definition) is 2. The van der Waals surface area contributed by atoms with Crippen molar-refractivity contribution >= 4 is 17.5 Å². The van der Waals surface area contributed by atoms with Crippen LogP contribution in [-0.2, 0) is 9.59 Å². The lowest BCUT2D eigenvalue weighted by Gasteiger charge is -2.13.